The van der Waals surface area contributed by atoms with E-state index in [1.165, 1.54) is 0 Å². The summed E-state index contributed by atoms with van der Waals surface area (Å²) in [4.78, 5) is 28.2. The van der Waals surface area contributed by atoms with Gasteiger partial charge in [-0.05, 0) is 18.3 Å². The van der Waals surface area contributed by atoms with Crippen molar-refractivity contribution in [2.75, 3.05) is 0 Å². The number of amides is 3. The third kappa shape index (κ3) is 4.24. The Balaban J connectivity index is 2.04. The lowest BCUT2D eigenvalue weighted by Crippen LogP contribution is -2.60. The molecule has 0 bridgehead atoms. The first kappa shape index (κ1) is 17.3. The van der Waals surface area contributed by atoms with E-state index >= 15 is 0 Å². The summed E-state index contributed by atoms with van der Waals surface area (Å²) in [5.74, 6) is -0.452. The first-order valence-corrected chi connectivity index (χ1v) is 8.07. The third-order valence-corrected chi connectivity index (χ3v) is 4.58. The molecule has 7 nitrogen and oxygen atoms in total. The SMILES string of the molecule is CC(C)(C)[C@H](Cn1ccnc1)NC(=O)NC1(C(N)=O)CCCC1. The number of hydrogen-bond donors (Lipinski definition) is 3. The first-order valence-electron chi connectivity index (χ1n) is 8.07. The summed E-state index contributed by atoms with van der Waals surface area (Å²) >= 11 is 0. The van der Waals surface area contributed by atoms with Crippen LogP contribution >= 0.6 is 0 Å². The molecule has 1 aliphatic carbocycles. The molecule has 2 rings (SSSR count). The maximum Gasteiger partial charge on any atom is 0.315 e. The zero-order valence-corrected chi connectivity index (χ0v) is 14.1. The van der Waals surface area contributed by atoms with Gasteiger partial charge in [-0.1, -0.05) is 33.6 Å². The molecule has 1 aliphatic rings. The van der Waals surface area contributed by atoms with Gasteiger partial charge in [-0.15, -0.1) is 0 Å². The van der Waals surface area contributed by atoms with Crippen LogP contribution in [0.15, 0.2) is 18.7 Å². The van der Waals surface area contributed by atoms with Gasteiger partial charge in [0.05, 0.1) is 12.4 Å². The summed E-state index contributed by atoms with van der Waals surface area (Å²) < 4.78 is 1.93. The van der Waals surface area contributed by atoms with Gasteiger partial charge in [0.25, 0.3) is 0 Å². The Hall–Kier alpha value is -2.05. The summed E-state index contributed by atoms with van der Waals surface area (Å²) in [5, 5.41) is 5.82. The summed E-state index contributed by atoms with van der Waals surface area (Å²) in [6.07, 6.45) is 8.32. The molecule has 7 heteroatoms. The molecule has 0 aliphatic heterocycles. The average Bonchev–Trinajstić information content (AvgIpc) is 3.08. The van der Waals surface area contributed by atoms with Crippen LogP contribution in [-0.2, 0) is 11.3 Å². The van der Waals surface area contributed by atoms with Crippen LogP contribution < -0.4 is 16.4 Å². The van der Waals surface area contributed by atoms with E-state index < -0.39 is 11.4 Å². The van der Waals surface area contributed by atoms with Gasteiger partial charge in [-0.3, -0.25) is 4.79 Å². The van der Waals surface area contributed by atoms with Crippen LogP contribution in [-0.4, -0.2) is 33.1 Å². The van der Waals surface area contributed by atoms with E-state index in [-0.39, 0.29) is 17.5 Å². The van der Waals surface area contributed by atoms with Crippen molar-refractivity contribution in [3.63, 3.8) is 0 Å². The molecule has 3 amide bonds. The molecule has 0 unspecified atom stereocenters. The summed E-state index contributed by atoms with van der Waals surface area (Å²) in [6.45, 7) is 6.80. The second-order valence-corrected chi connectivity index (χ2v) is 7.43. The summed E-state index contributed by atoms with van der Waals surface area (Å²) in [7, 11) is 0. The highest BCUT2D eigenvalue weighted by molar-refractivity contribution is 5.90. The Morgan fingerprint density at radius 2 is 2.00 bits per heavy atom. The predicted octanol–water partition coefficient (Wildman–Crippen LogP) is 1.40. The monoisotopic (exact) mass is 321 g/mol. The Kier molecular flexibility index (Phi) is 4.97. The fourth-order valence-electron chi connectivity index (χ4n) is 2.96. The molecule has 1 aromatic rings. The van der Waals surface area contributed by atoms with Crippen LogP contribution in [0.2, 0.25) is 0 Å². The number of hydrogen-bond acceptors (Lipinski definition) is 3. The van der Waals surface area contributed by atoms with E-state index in [2.05, 4.69) is 36.4 Å². The minimum absolute atomic E-state index is 0.108. The fraction of sp³-hybridized carbons (Fsp3) is 0.688. The number of nitrogens with zero attached hydrogens (tertiary/aromatic N) is 2. The van der Waals surface area contributed by atoms with E-state index in [9.17, 15) is 9.59 Å². The molecule has 0 spiro atoms. The Labute approximate surface area is 137 Å². The highest BCUT2D eigenvalue weighted by Crippen LogP contribution is 2.29. The van der Waals surface area contributed by atoms with Crippen molar-refractivity contribution in [3.8, 4) is 0 Å². The van der Waals surface area contributed by atoms with Crippen LogP contribution in [0.25, 0.3) is 0 Å². The summed E-state index contributed by atoms with van der Waals surface area (Å²) in [5.41, 5.74) is 4.47. The van der Waals surface area contributed by atoms with Crippen LogP contribution in [0.4, 0.5) is 4.79 Å². The van der Waals surface area contributed by atoms with Crippen molar-refractivity contribution in [3.05, 3.63) is 18.7 Å². The standard InChI is InChI=1S/C16H27N5O2/c1-15(2,3)12(10-21-9-8-18-11-21)19-14(23)20-16(13(17)22)6-4-5-7-16/h8-9,11-12H,4-7,10H2,1-3H3,(H2,17,22)(H2,19,20,23)/t12-/m0/s1. The van der Waals surface area contributed by atoms with Gasteiger partial charge in [0.1, 0.15) is 5.54 Å². The zero-order valence-electron chi connectivity index (χ0n) is 14.1. The topological polar surface area (TPSA) is 102 Å². The van der Waals surface area contributed by atoms with Crippen molar-refractivity contribution in [1.29, 1.82) is 0 Å². The molecule has 1 aromatic heterocycles. The minimum Gasteiger partial charge on any atom is -0.368 e. The van der Waals surface area contributed by atoms with Gasteiger partial charge in [0.2, 0.25) is 5.91 Å². The Bertz CT molecular complexity index is 541. The smallest absolute Gasteiger partial charge is 0.315 e. The van der Waals surface area contributed by atoms with Gasteiger partial charge < -0.3 is 20.9 Å². The minimum atomic E-state index is -0.901. The van der Waals surface area contributed by atoms with Gasteiger partial charge in [-0.2, -0.15) is 0 Å². The van der Waals surface area contributed by atoms with Gasteiger partial charge >= 0.3 is 6.03 Å². The van der Waals surface area contributed by atoms with Gasteiger partial charge in [0.15, 0.2) is 0 Å². The van der Waals surface area contributed by atoms with Crippen LogP contribution in [0.3, 0.4) is 0 Å². The molecular weight excluding hydrogens is 294 g/mol. The van der Waals surface area contributed by atoms with Crippen molar-refractivity contribution in [2.24, 2.45) is 11.1 Å². The highest BCUT2D eigenvalue weighted by Gasteiger charge is 2.41. The number of aromatic nitrogens is 2. The largest absolute Gasteiger partial charge is 0.368 e. The number of carbonyl (C=O) groups is 2. The van der Waals surface area contributed by atoms with Crippen molar-refractivity contribution < 1.29 is 9.59 Å². The van der Waals surface area contributed by atoms with Crippen LogP contribution in [0.5, 0.6) is 0 Å². The number of urea groups is 1. The molecule has 0 radical (unpaired) electrons. The maximum atomic E-state index is 12.4. The predicted molar refractivity (Wildman–Crippen MR) is 87.5 cm³/mol. The highest BCUT2D eigenvalue weighted by atomic mass is 16.2. The lowest BCUT2D eigenvalue weighted by atomic mass is 9.86. The van der Waals surface area contributed by atoms with Crippen LogP contribution in [0, 0.1) is 5.41 Å². The zero-order chi connectivity index (χ0) is 17.1. The first-order chi connectivity index (χ1) is 10.7. The number of primary amides is 1. The molecule has 4 N–H and O–H groups in total. The number of nitrogens with one attached hydrogen (secondary N) is 2. The number of carbonyl (C=O) groups excluding carboxylic acids is 2. The Morgan fingerprint density at radius 3 is 2.48 bits per heavy atom. The molecule has 1 fully saturated rings. The normalized spacial score (nSPS) is 18.4. The number of rotatable bonds is 5. The van der Waals surface area contributed by atoms with Crippen molar-refractivity contribution in [1.82, 2.24) is 20.2 Å². The third-order valence-electron chi connectivity index (χ3n) is 4.58. The number of imidazole rings is 1. The van der Waals surface area contributed by atoms with E-state index in [0.29, 0.717) is 19.4 Å². The van der Waals surface area contributed by atoms with Gasteiger partial charge in [-0.25, -0.2) is 9.78 Å². The maximum absolute atomic E-state index is 12.4. The molecule has 1 saturated carbocycles. The van der Waals surface area contributed by atoms with E-state index in [1.807, 2.05) is 10.8 Å². The van der Waals surface area contributed by atoms with E-state index in [0.717, 1.165) is 12.8 Å². The van der Waals surface area contributed by atoms with Crippen molar-refractivity contribution in [2.45, 2.75) is 64.6 Å². The lowest BCUT2D eigenvalue weighted by Gasteiger charge is -2.34. The second-order valence-electron chi connectivity index (χ2n) is 7.43. The molecule has 0 aromatic carbocycles. The second kappa shape index (κ2) is 6.60. The van der Waals surface area contributed by atoms with Crippen molar-refractivity contribution >= 4 is 11.9 Å². The summed E-state index contributed by atoms with van der Waals surface area (Å²) in [6, 6.07) is -0.450. The average molecular weight is 321 g/mol. The van der Waals surface area contributed by atoms with E-state index in [1.54, 1.807) is 12.5 Å². The molecule has 1 atom stereocenters. The molecule has 128 valence electrons. The lowest BCUT2D eigenvalue weighted by molar-refractivity contribution is -0.123. The molecule has 1 heterocycles. The van der Waals surface area contributed by atoms with Gasteiger partial charge in [0, 0.05) is 18.9 Å². The molecule has 23 heavy (non-hydrogen) atoms. The molecular formula is C16H27N5O2. The number of nitrogens with two attached hydrogens (primary N) is 1. The quantitative estimate of drug-likeness (QED) is 0.763. The fourth-order valence-corrected chi connectivity index (χ4v) is 2.96. The van der Waals surface area contributed by atoms with E-state index in [4.69, 9.17) is 5.73 Å². The molecule has 0 saturated heterocycles. The Morgan fingerprint density at radius 1 is 1.35 bits per heavy atom. The van der Waals surface area contributed by atoms with Crippen LogP contribution in [0.1, 0.15) is 46.5 Å².